The molecule has 0 heterocycles. The quantitative estimate of drug-likeness (QED) is 0.436. The molecule has 0 aliphatic heterocycles. The minimum atomic E-state index is -0.302. The van der Waals surface area contributed by atoms with Gasteiger partial charge in [0, 0.05) is 6.61 Å². The third-order valence-corrected chi connectivity index (χ3v) is 2.55. The molecule has 0 aromatic carbocycles. The molecule has 0 aliphatic carbocycles. The van der Waals surface area contributed by atoms with Gasteiger partial charge in [0.15, 0.2) is 6.29 Å². The molecule has 0 aromatic heterocycles. The molecular weight excluding hydrogens is 200 g/mol. The van der Waals surface area contributed by atoms with Gasteiger partial charge in [0.2, 0.25) is 0 Å². The van der Waals surface area contributed by atoms with Gasteiger partial charge >= 0.3 is 0 Å². The van der Waals surface area contributed by atoms with Crippen LogP contribution in [0.4, 0.5) is 0 Å². The largest absolute Gasteiger partial charge is 0.353 e. The van der Waals surface area contributed by atoms with Crippen LogP contribution in [0.2, 0.25) is 0 Å². The zero-order valence-electron chi connectivity index (χ0n) is 11.2. The van der Waals surface area contributed by atoms with Crippen molar-refractivity contribution < 1.29 is 9.47 Å². The molecular formula is C14H26O2. The second-order valence-electron chi connectivity index (χ2n) is 4.47. The van der Waals surface area contributed by atoms with E-state index in [2.05, 4.69) is 20.1 Å². The summed E-state index contributed by atoms with van der Waals surface area (Å²) in [6.07, 6.45) is 4.73. The van der Waals surface area contributed by atoms with Gasteiger partial charge in [0.1, 0.15) is 0 Å². The highest BCUT2D eigenvalue weighted by Gasteiger charge is 2.23. The fraction of sp³-hybridized carbons (Fsp3) is 0.714. The zero-order valence-corrected chi connectivity index (χ0v) is 11.2. The lowest BCUT2D eigenvalue weighted by atomic mass is 9.97. The Morgan fingerprint density at radius 1 is 1.50 bits per heavy atom. The number of ether oxygens (including phenoxy) is 2. The molecule has 2 unspecified atom stereocenters. The number of hydrogen-bond acceptors (Lipinski definition) is 2. The van der Waals surface area contributed by atoms with Crippen LogP contribution >= 0.6 is 0 Å². The van der Waals surface area contributed by atoms with Gasteiger partial charge in [-0.2, -0.15) is 0 Å². The molecule has 0 rings (SSSR count). The third kappa shape index (κ3) is 6.81. The smallest absolute Gasteiger partial charge is 0.155 e. The minimum absolute atomic E-state index is 0.183. The molecule has 2 nitrogen and oxygen atoms in total. The number of hydrogen-bond donors (Lipinski definition) is 0. The summed E-state index contributed by atoms with van der Waals surface area (Å²) < 4.78 is 11.2. The number of allylic oxidation sites excluding steroid dienone is 1. The van der Waals surface area contributed by atoms with Crippen LogP contribution in [-0.4, -0.2) is 18.5 Å². The van der Waals surface area contributed by atoms with Gasteiger partial charge in [-0.15, -0.1) is 13.2 Å². The molecule has 0 saturated carbocycles. The van der Waals surface area contributed by atoms with E-state index in [-0.39, 0.29) is 11.9 Å². The normalized spacial score (nSPS) is 16.5. The van der Waals surface area contributed by atoms with Crippen molar-refractivity contribution >= 4 is 0 Å². The second-order valence-corrected chi connectivity index (χ2v) is 4.47. The predicted molar refractivity (Wildman–Crippen MR) is 69.4 cm³/mol. The van der Waals surface area contributed by atoms with Crippen molar-refractivity contribution in [1.29, 1.82) is 0 Å². The van der Waals surface area contributed by atoms with E-state index in [4.69, 9.17) is 9.47 Å². The fourth-order valence-electron chi connectivity index (χ4n) is 1.60. The van der Waals surface area contributed by atoms with E-state index in [0.717, 1.165) is 19.3 Å². The van der Waals surface area contributed by atoms with Crippen LogP contribution in [0, 0.1) is 0 Å². The highest BCUT2D eigenvalue weighted by Crippen LogP contribution is 2.23. The fourth-order valence-corrected chi connectivity index (χ4v) is 1.60. The summed E-state index contributed by atoms with van der Waals surface area (Å²) in [6.45, 7) is 16.4. The van der Waals surface area contributed by atoms with Gasteiger partial charge in [-0.3, -0.25) is 0 Å². The first-order valence-corrected chi connectivity index (χ1v) is 6.01. The van der Waals surface area contributed by atoms with Crippen LogP contribution in [0.15, 0.2) is 24.8 Å². The van der Waals surface area contributed by atoms with Gasteiger partial charge in [-0.1, -0.05) is 11.6 Å². The van der Waals surface area contributed by atoms with Crippen LogP contribution < -0.4 is 0 Å². The van der Waals surface area contributed by atoms with Gasteiger partial charge in [-0.05, 0) is 47.0 Å². The molecule has 16 heavy (non-hydrogen) atoms. The summed E-state index contributed by atoms with van der Waals surface area (Å²) in [5.41, 5.74) is 0.911. The Labute approximate surface area is 100 Å². The Kier molecular flexibility index (Phi) is 7.35. The minimum Gasteiger partial charge on any atom is -0.353 e. The van der Waals surface area contributed by atoms with E-state index in [1.165, 1.54) is 5.57 Å². The van der Waals surface area contributed by atoms with Crippen LogP contribution in [0.3, 0.4) is 0 Å². The Balaban J connectivity index is 4.08. The Morgan fingerprint density at radius 3 is 2.56 bits per heavy atom. The van der Waals surface area contributed by atoms with Gasteiger partial charge in [0.05, 0.1) is 5.60 Å². The summed E-state index contributed by atoms with van der Waals surface area (Å²) in [4.78, 5) is 0. The van der Waals surface area contributed by atoms with Crippen LogP contribution in [0.5, 0.6) is 0 Å². The summed E-state index contributed by atoms with van der Waals surface area (Å²) in [6, 6.07) is 0. The predicted octanol–water partition coefficient (Wildman–Crippen LogP) is 4.08. The maximum atomic E-state index is 5.84. The molecule has 0 N–H and O–H groups in total. The first-order valence-electron chi connectivity index (χ1n) is 6.01. The Hall–Kier alpha value is -0.600. The molecule has 2 heteroatoms. The summed E-state index contributed by atoms with van der Waals surface area (Å²) >= 11 is 0. The first-order chi connectivity index (χ1) is 7.43. The van der Waals surface area contributed by atoms with Gasteiger partial charge in [-0.25, -0.2) is 0 Å². The van der Waals surface area contributed by atoms with Crippen molar-refractivity contribution in [2.24, 2.45) is 0 Å². The van der Waals surface area contributed by atoms with E-state index in [0.29, 0.717) is 6.61 Å². The SMILES string of the molecule is C=CC(C)(CCCC(=C)C)OC(C)OCC. The van der Waals surface area contributed by atoms with E-state index in [1.807, 2.05) is 26.8 Å². The molecule has 0 bridgehead atoms. The molecule has 0 saturated heterocycles. The van der Waals surface area contributed by atoms with Crippen molar-refractivity contribution in [3.8, 4) is 0 Å². The maximum absolute atomic E-state index is 5.84. The van der Waals surface area contributed by atoms with Crippen molar-refractivity contribution in [2.45, 2.75) is 58.8 Å². The Bertz CT molecular complexity index is 223. The Morgan fingerprint density at radius 2 is 2.12 bits per heavy atom. The molecule has 0 fully saturated rings. The number of rotatable bonds is 9. The van der Waals surface area contributed by atoms with Crippen molar-refractivity contribution in [1.82, 2.24) is 0 Å². The van der Waals surface area contributed by atoms with Crippen molar-refractivity contribution in [2.75, 3.05) is 6.61 Å². The molecule has 2 atom stereocenters. The first kappa shape index (κ1) is 15.4. The van der Waals surface area contributed by atoms with Crippen LogP contribution in [-0.2, 0) is 9.47 Å². The lowest BCUT2D eigenvalue weighted by Gasteiger charge is -2.29. The van der Waals surface area contributed by atoms with Gasteiger partial charge in [0.25, 0.3) is 0 Å². The van der Waals surface area contributed by atoms with Crippen LogP contribution in [0.25, 0.3) is 0 Å². The van der Waals surface area contributed by atoms with E-state index in [9.17, 15) is 0 Å². The average Bonchev–Trinajstić information content (AvgIpc) is 2.17. The second kappa shape index (κ2) is 7.64. The standard InChI is InChI=1S/C14H26O2/c1-7-14(6,11-9-10-12(3)4)16-13(5)15-8-2/h7,13H,1,3,8-11H2,2,4-6H3. The summed E-state index contributed by atoms with van der Waals surface area (Å²) in [5.74, 6) is 0. The van der Waals surface area contributed by atoms with E-state index in [1.54, 1.807) is 0 Å². The lowest BCUT2D eigenvalue weighted by Crippen LogP contribution is -2.31. The van der Waals surface area contributed by atoms with Crippen LogP contribution in [0.1, 0.15) is 47.0 Å². The molecule has 94 valence electrons. The van der Waals surface area contributed by atoms with E-state index < -0.39 is 0 Å². The monoisotopic (exact) mass is 226 g/mol. The third-order valence-electron chi connectivity index (χ3n) is 2.55. The molecule has 0 radical (unpaired) electrons. The summed E-state index contributed by atoms with van der Waals surface area (Å²) in [7, 11) is 0. The van der Waals surface area contributed by atoms with Gasteiger partial charge < -0.3 is 9.47 Å². The lowest BCUT2D eigenvalue weighted by molar-refractivity contribution is -0.180. The average molecular weight is 226 g/mol. The maximum Gasteiger partial charge on any atom is 0.155 e. The molecule has 0 aliphatic rings. The summed E-state index contributed by atoms with van der Waals surface area (Å²) in [5, 5.41) is 0. The molecule has 0 spiro atoms. The highest BCUT2D eigenvalue weighted by atomic mass is 16.7. The van der Waals surface area contributed by atoms with Crippen molar-refractivity contribution in [3.63, 3.8) is 0 Å². The topological polar surface area (TPSA) is 18.5 Å². The zero-order chi connectivity index (χ0) is 12.6. The van der Waals surface area contributed by atoms with E-state index >= 15 is 0 Å². The highest BCUT2D eigenvalue weighted by molar-refractivity contribution is 4.96. The molecule has 0 aromatic rings. The molecule has 0 amide bonds. The van der Waals surface area contributed by atoms with Crippen molar-refractivity contribution in [3.05, 3.63) is 24.8 Å².